The number of aromatic nitrogens is 1. The highest BCUT2D eigenvalue weighted by Crippen LogP contribution is 1.89. The van der Waals surface area contributed by atoms with Crippen molar-refractivity contribution in [3.63, 3.8) is 0 Å². The van der Waals surface area contributed by atoms with Crippen LogP contribution >= 0.6 is 0 Å². The van der Waals surface area contributed by atoms with Crippen LogP contribution in [0.4, 0.5) is 0 Å². The van der Waals surface area contributed by atoms with Crippen molar-refractivity contribution in [1.29, 1.82) is 0 Å². The quantitative estimate of drug-likeness (QED) is 0.511. The van der Waals surface area contributed by atoms with Gasteiger partial charge in [-0.2, -0.15) is 0 Å². The first-order valence-electron chi connectivity index (χ1n) is 1.95. The summed E-state index contributed by atoms with van der Waals surface area (Å²) in [6.45, 7) is 0.205. The van der Waals surface area contributed by atoms with E-state index in [1.54, 1.807) is 0 Å². The lowest BCUT2D eigenvalue weighted by molar-refractivity contribution is 0.556. The first-order valence-corrected chi connectivity index (χ1v) is 1.95. The molecular formula is C4H5N2O. The zero-order chi connectivity index (χ0) is 5.11. The van der Waals surface area contributed by atoms with E-state index in [0.717, 1.165) is 0 Å². The zero-order valence-electron chi connectivity index (χ0n) is 3.72. The summed E-state index contributed by atoms with van der Waals surface area (Å²) >= 11 is 0. The molecule has 7 heavy (non-hydrogen) atoms. The summed E-state index contributed by atoms with van der Waals surface area (Å²) in [5.41, 5.74) is 7.42. The Morgan fingerprint density at radius 3 is 3.00 bits per heavy atom. The van der Waals surface area contributed by atoms with E-state index in [-0.39, 0.29) is 6.54 Å². The summed E-state index contributed by atoms with van der Waals surface area (Å²) in [6, 6.07) is 0. The van der Waals surface area contributed by atoms with Gasteiger partial charge in [-0.1, -0.05) is 0 Å². The van der Waals surface area contributed by atoms with E-state index in [9.17, 15) is 0 Å². The van der Waals surface area contributed by atoms with Gasteiger partial charge >= 0.3 is 0 Å². The molecule has 3 nitrogen and oxygen atoms in total. The fourth-order valence-corrected chi connectivity index (χ4v) is 0.325. The van der Waals surface area contributed by atoms with Gasteiger partial charge in [0, 0.05) is 0 Å². The second kappa shape index (κ2) is 1.75. The molecule has 0 fully saturated rings. The Morgan fingerprint density at radius 2 is 2.71 bits per heavy atom. The van der Waals surface area contributed by atoms with Crippen LogP contribution in [0.15, 0.2) is 17.1 Å². The topological polar surface area (TPSA) is 49.8 Å². The normalized spacial score (nSPS) is 9.29. The van der Waals surface area contributed by atoms with Crippen molar-refractivity contribution in [3.05, 3.63) is 18.4 Å². The molecule has 0 atom stereocenters. The molecule has 0 spiro atoms. The lowest BCUT2D eigenvalue weighted by Crippen LogP contribution is -1.80. The molecule has 0 unspecified atom stereocenters. The van der Waals surface area contributed by atoms with Crippen LogP contribution < -0.4 is 5.73 Å². The molecule has 0 bridgehead atoms. The molecule has 37 valence electrons. The van der Waals surface area contributed by atoms with Gasteiger partial charge in [-0.25, -0.2) is 4.98 Å². The van der Waals surface area contributed by atoms with Gasteiger partial charge in [-0.15, -0.1) is 0 Å². The minimum atomic E-state index is 0.205. The lowest BCUT2D eigenvalue weighted by Gasteiger charge is -1.74. The lowest BCUT2D eigenvalue weighted by atomic mass is 10.5. The Labute approximate surface area is 41.2 Å². The SMILES string of the molecule is [NH]Cc1cocn1. The minimum Gasteiger partial charge on any atom is -0.451 e. The molecule has 0 saturated heterocycles. The maximum Gasteiger partial charge on any atom is 0.180 e. The van der Waals surface area contributed by atoms with Crippen LogP contribution in [0.1, 0.15) is 5.69 Å². The van der Waals surface area contributed by atoms with Crippen LogP contribution in [0.25, 0.3) is 0 Å². The van der Waals surface area contributed by atoms with E-state index in [1.165, 1.54) is 12.7 Å². The molecule has 1 heterocycles. The second-order valence-electron chi connectivity index (χ2n) is 1.16. The molecule has 0 amide bonds. The Balaban J connectivity index is 2.76. The van der Waals surface area contributed by atoms with Gasteiger partial charge in [0.1, 0.15) is 6.26 Å². The molecule has 1 rings (SSSR count). The Bertz CT molecular complexity index is 124. The smallest absolute Gasteiger partial charge is 0.180 e. The van der Waals surface area contributed by atoms with Crippen LogP contribution in [-0.2, 0) is 6.54 Å². The first kappa shape index (κ1) is 4.33. The highest BCUT2D eigenvalue weighted by Gasteiger charge is 1.86. The van der Waals surface area contributed by atoms with Gasteiger partial charge < -0.3 is 4.42 Å². The van der Waals surface area contributed by atoms with Crippen molar-refractivity contribution in [2.24, 2.45) is 0 Å². The largest absolute Gasteiger partial charge is 0.451 e. The predicted molar refractivity (Wildman–Crippen MR) is 23.3 cm³/mol. The van der Waals surface area contributed by atoms with Crippen molar-refractivity contribution >= 4 is 0 Å². The monoisotopic (exact) mass is 97.0 g/mol. The fraction of sp³-hybridized carbons (Fsp3) is 0.250. The molecule has 0 aliphatic rings. The summed E-state index contributed by atoms with van der Waals surface area (Å²) in [7, 11) is 0. The highest BCUT2D eigenvalue weighted by atomic mass is 16.3. The molecule has 3 heteroatoms. The zero-order valence-corrected chi connectivity index (χ0v) is 3.72. The molecule has 1 aromatic rings. The molecule has 0 saturated carbocycles. The van der Waals surface area contributed by atoms with E-state index >= 15 is 0 Å². The molecule has 0 aliphatic heterocycles. The van der Waals surface area contributed by atoms with Crippen molar-refractivity contribution < 1.29 is 4.42 Å². The summed E-state index contributed by atoms with van der Waals surface area (Å²) in [5, 5.41) is 0. The van der Waals surface area contributed by atoms with Gasteiger partial charge in [0.15, 0.2) is 6.39 Å². The number of hydrogen-bond donors (Lipinski definition) is 0. The van der Waals surface area contributed by atoms with Crippen molar-refractivity contribution in [3.8, 4) is 0 Å². The Hall–Kier alpha value is -0.830. The van der Waals surface area contributed by atoms with Crippen molar-refractivity contribution in [1.82, 2.24) is 10.7 Å². The summed E-state index contributed by atoms with van der Waals surface area (Å²) in [5.74, 6) is 0. The third kappa shape index (κ3) is 0.778. The number of rotatable bonds is 1. The average molecular weight is 97.1 g/mol. The molecule has 0 aliphatic carbocycles. The van der Waals surface area contributed by atoms with Crippen LogP contribution in [0.3, 0.4) is 0 Å². The molecule has 0 aromatic carbocycles. The second-order valence-corrected chi connectivity index (χ2v) is 1.16. The first-order chi connectivity index (χ1) is 3.43. The number of hydrogen-bond acceptors (Lipinski definition) is 2. The van der Waals surface area contributed by atoms with E-state index in [4.69, 9.17) is 5.73 Å². The summed E-state index contributed by atoms with van der Waals surface area (Å²) in [4.78, 5) is 3.68. The third-order valence-electron chi connectivity index (χ3n) is 0.665. The number of nitrogens with one attached hydrogen (secondary N) is 1. The summed E-state index contributed by atoms with van der Waals surface area (Å²) in [6.07, 6.45) is 2.79. The van der Waals surface area contributed by atoms with Crippen molar-refractivity contribution in [2.45, 2.75) is 6.54 Å². The van der Waals surface area contributed by atoms with Gasteiger partial charge in [-0.3, -0.25) is 5.73 Å². The van der Waals surface area contributed by atoms with Crippen LogP contribution in [-0.4, -0.2) is 4.98 Å². The third-order valence-corrected chi connectivity index (χ3v) is 0.665. The minimum absolute atomic E-state index is 0.205. The predicted octanol–water partition coefficient (Wildman–Crippen LogP) is 0.457. The summed E-state index contributed by atoms with van der Waals surface area (Å²) < 4.78 is 4.57. The van der Waals surface area contributed by atoms with E-state index in [0.29, 0.717) is 5.69 Å². The molecule has 1 N–H and O–H groups in total. The van der Waals surface area contributed by atoms with E-state index < -0.39 is 0 Å². The standard InChI is InChI=1S/C4H5N2O/c5-1-4-2-7-3-6-4/h2-3,5H,1H2. The van der Waals surface area contributed by atoms with E-state index in [1.807, 2.05) is 0 Å². The van der Waals surface area contributed by atoms with Crippen molar-refractivity contribution in [2.75, 3.05) is 0 Å². The van der Waals surface area contributed by atoms with Gasteiger partial charge in [0.2, 0.25) is 0 Å². The molecule has 1 aromatic heterocycles. The fourth-order valence-electron chi connectivity index (χ4n) is 0.325. The van der Waals surface area contributed by atoms with E-state index in [2.05, 4.69) is 9.40 Å². The molecule has 1 radical (unpaired) electrons. The highest BCUT2D eigenvalue weighted by molar-refractivity contribution is 4.87. The average Bonchev–Trinajstić information content (AvgIpc) is 2.14. The van der Waals surface area contributed by atoms with Gasteiger partial charge in [-0.05, 0) is 0 Å². The number of nitrogens with zero attached hydrogens (tertiary/aromatic N) is 1. The maximum atomic E-state index is 6.74. The maximum absolute atomic E-state index is 6.74. The number of oxazole rings is 1. The van der Waals surface area contributed by atoms with Gasteiger partial charge in [0.05, 0.1) is 12.2 Å². The van der Waals surface area contributed by atoms with Crippen LogP contribution in [0, 0.1) is 0 Å². The molecular weight excluding hydrogens is 92.1 g/mol. The van der Waals surface area contributed by atoms with Gasteiger partial charge in [0.25, 0.3) is 0 Å². The van der Waals surface area contributed by atoms with Crippen LogP contribution in [0.5, 0.6) is 0 Å². The Kier molecular flexibility index (Phi) is 1.08. The van der Waals surface area contributed by atoms with Crippen LogP contribution in [0.2, 0.25) is 0 Å². The Morgan fingerprint density at radius 1 is 1.86 bits per heavy atom.